The summed E-state index contributed by atoms with van der Waals surface area (Å²) >= 11 is 1.62. The maximum absolute atomic E-state index is 12.5. The van der Waals surface area contributed by atoms with Crippen LogP contribution in [-0.2, 0) is 19.3 Å². The number of carbonyl (C=O) groups excluding carboxylic acids is 1. The van der Waals surface area contributed by atoms with Crippen LogP contribution in [0.5, 0.6) is 0 Å². The third-order valence-electron chi connectivity index (χ3n) is 4.87. The van der Waals surface area contributed by atoms with Gasteiger partial charge in [-0.25, -0.2) is 4.98 Å². The van der Waals surface area contributed by atoms with Crippen LogP contribution in [0.4, 0.5) is 5.13 Å². The summed E-state index contributed by atoms with van der Waals surface area (Å²) in [7, 11) is 0. The topological polar surface area (TPSA) is 42.0 Å². The first-order valence-corrected chi connectivity index (χ1v) is 9.92. The summed E-state index contributed by atoms with van der Waals surface area (Å²) in [6, 6.07) is 18.2. The Morgan fingerprint density at radius 2 is 1.85 bits per heavy atom. The average molecular weight is 362 g/mol. The number of amides is 1. The highest BCUT2D eigenvalue weighted by molar-refractivity contribution is 7.15. The molecule has 0 bridgehead atoms. The summed E-state index contributed by atoms with van der Waals surface area (Å²) in [5.41, 5.74) is 4.31. The van der Waals surface area contributed by atoms with Gasteiger partial charge in [-0.2, -0.15) is 0 Å². The molecule has 1 aliphatic carbocycles. The molecule has 1 N–H and O–H groups in total. The van der Waals surface area contributed by atoms with E-state index in [1.807, 2.05) is 42.5 Å². The highest BCUT2D eigenvalue weighted by atomic mass is 32.1. The fourth-order valence-electron chi connectivity index (χ4n) is 3.37. The lowest BCUT2D eigenvalue weighted by Crippen LogP contribution is -2.12. The van der Waals surface area contributed by atoms with Crippen LogP contribution in [0.3, 0.4) is 0 Å². The Kier molecular flexibility index (Phi) is 4.85. The van der Waals surface area contributed by atoms with Crippen molar-refractivity contribution >= 4 is 22.4 Å². The van der Waals surface area contributed by atoms with Gasteiger partial charge in [0.1, 0.15) is 0 Å². The van der Waals surface area contributed by atoms with Gasteiger partial charge < -0.3 is 0 Å². The molecule has 1 atom stereocenters. The Morgan fingerprint density at radius 3 is 2.62 bits per heavy atom. The summed E-state index contributed by atoms with van der Waals surface area (Å²) in [5.74, 6) is 0.624. The number of hydrogen-bond donors (Lipinski definition) is 1. The van der Waals surface area contributed by atoms with E-state index in [0.29, 0.717) is 11.5 Å². The highest BCUT2D eigenvalue weighted by Gasteiger charge is 2.20. The number of benzene rings is 2. The van der Waals surface area contributed by atoms with Crippen molar-refractivity contribution in [1.82, 2.24) is 4.98 Å². The number of nitrogens with one attached hydrogen (secondary N) is 1. The maximum Gasteiger partial charge on any atom is 0.257 e. The lowest BCUT2D eigenvalue weighted by atomic mass is 9.93. The Labute approximate surface area is 158 Å². The van der Waals surface area contributed by atoms with Gasteiger partial charge in [-0.05, 0) is 54.9 Å². The van der Waals surface area contributed by atoms with Gasteiger partial charge in [0.05, 0.1) is 5.69 Å². The second kappa shape index (κ2) is 7.42. The standard InChI is InChI=1S/C22H22N2OS/c1-15-7-12-19-20(13-15)26-22(23-19)24-21(25)18-10-8-17(9-11-18)14-16-5-3-2-4-6-16/h2-6,8-11,15H,7,12-14H2,1H3,(H,23,24,25)/t15-/m0/s1. The molecule has 0 spiro atoms. The van der Waals surface area contributed by atoms with Crippen LogP contribution in [-0.4, -0.2) is 10.9 Å². The van der Waals surface area contributed by atoms with Crippen molar-refractivity contribution in [2.24, 2.45) is 5.92 Å². The zero-order valence-corrected chi connectivity index (χ0v) is 15.7. The molecule has 132 valence electrons. The Bertz CT molecular complexity index is 900. The molecule has 1 heterocycles. The summed E-state index contributed by atoms with van der Waals surface area (Å²) in [6.07, 6.45) is 4.17. The van der Waals surface area contributed by atoms with Gasteiger partial charge in [0.2, 0.25) is 0 Å². The lowest BCUT2D eigenvalue weighted by Gasteiger charge is -2.15. The molecule has 0 fully saturated rings. The predicted octanol–water partition coefficient (Wildman–Crippen LogP) is 5.11. The number of nitrogens with zero attached hydrogens (tertiary/aromatic N) is 1. The summed E-state index contributed by atoms with van der Waals surface area (Å²) in [6.45, 7) is 2.28. The van der Waals surface area contributed by atoms with E-state index in [0.717, 1.165) is 24.4 Å². The number of anilines is 1. The molecule has 0 saturated heterocycles. The Hall–Kier alpha value is -2.46. The van der Waals surface area contributed by atoms with E-state index in [1.54, 1.807) is 11.3 Å². The van der Waals surface area contributed by atoms with E-state index >= 15 is 0 Å². The summed E-state index contributed by atoms with van der Waals surface area (Å²) in [4.78, 5) is 18.5. The number of hydrogen-bond acceptors (Lipinski definition) is 3. The first kappa shape index (κ1) is 17.0. The molecular formula is C22H22N2OS. The van der Waals surface area contributed by atoms with Crippen LogP contribution in [0.15, 0.2) is 54.6 Å². The van der Waals surface area contributed by atoms with Gasteiger partial charge in [0.15, 0.2) is 5.13 Å². The van der Waals surface area contributed by atoms with Crippen molar-refractivity contribution in [1.29, 1.82) is 0 Å². The van der Waals surface area contributed by atoms with Crippen molar-refractivity contribution in [3.8, 4) is 0 Å². The number of fused-ring (bicyclic) bond motifs is 1. The molecule has 0 aliphatic heterocycles. The average Bonchev–Trinajstić information content (AvgIpc) is 3.04. The second-order valence-corrected chi connectivity index (χ2v) is 8.13. The van der Waals surface area contributed by atoms with Crippen LogP contribution < -0.4 is 5.32 Å². The molecule has 2 aromatic carbocycles. The second-order valence-electron chi connectivity index (χ2n) is 7.05. The molecule has 0 saturated carbocycles. The smallest absolute Gasteiger partial charge is 0.257 e. The van der Waals surface area contributed by atoms with Crippen molar-refractivity contribution in [3.05, 3.63) is 81.9 Å². The van der Waals surface area contributed by atoms with Crippen LogP contribution in [0, 0.1) is 5.92 Å². The van der Waals surface area contributed by atoms with Crippen LogP contribution in [0.2, 0.25) is 0 Å². The fraction of sp³-hybridized carbons (Fsp3) is 0.273. The van der Waals surface area contributed by atoms with Gasteiger partial charge in [-0.15, -0.1) is 11.3 Å². The molecule has 4 heteroatoms. The summed E-state index contributed by atoms with van der Waals surface area (Å²) < 4.78 is 0. The summed E-state index contributed by atoms with van der Waals surface area (Å²) in [5, 5.41) is 3.69. The van der Waals surface area contributed by atoms with Crippen molar-refractivity contribution < 1.29 is 4.79 Å². The first-order valence-electron chi connectivity index (χ1n) is 9.10. The molecule has 3 nitrogen and oxygen atoms in total. The molecule has 1 aromatic heterocycles. The zero-order valence-electron chi connectivity index (χ0n) is 14.9. The van der Waals surface area contributed by atoms with E-state index in [2.05, 4.69) is 29.4 Å². The minimum absolute atomic E-state index is 0.0876. The van der Waals surface area contributed by atoms with Gasteiger partial charge >= 0.3 is 0 Å². The predicted molar refractivity (Wildman–Crippen MR) is 107 cm³/mol. The van der Waals surface area contributed by atoms with Crippen molar-refractivity contribution in [2.45, 2.75) is 32.6 Å². The van der Waals surface area contributed by atoms with Crippen LogP contribution in [0.1, 0.15) is 45.4 Å². The molecule has 1 aliphatic rings. The minimum Gasteiger partial charge on any atom is -0.298 e. The third-order valence-corrected chi connectivity index (χ3v) is 5.91. The number of thiazole rings is 1. The monoisotopic (exact) mass is 362 g/mol. The van der Waals surface area contributed by atoms with E-state index in [1.165, 1.54) is 28.1 Å². The molecule has 0 radical (unpaired) electrons. The fourth-order valence-corrected chi connectivity index (χ4v) is 4.53. The van der Waals surface area contributed by atoms with E-state index < -0.39 is 0 Å². The largest absolute Gasteiger partial charge is 0.298 e. The maximum atomic E-state index is 12.5. The SMILES string of the molecule is C[C@H]1CCc2nc(NC(=O)c3ccc(Cc4ccccc4)cc3)sc2C1. The normalized spacial score (nSPS) is 16.1. The van der Waals surface area contributed by atoms with Crippen LogP contribution in [0.25, 0.3) is 0 Å². The third kappa shape index (κ3) is 3.86. The van der Waals surface area contributed by atoms with Crippen molar-refractivity contribution in [2.75, 3.05) is 5.32 Å². The Balaban J connectivity index is 1.42. The minimum atomic E-state index is -0.0876. The molecule has 1 amide bonds. The van der Waals surface area contributed by atoms with Gasteiger partial charge in [0.25, 0.3) is 5.91 Å². The molecule has 26 heavy (non-hydrogen) atoms. The molecule has 3 aromatic rings. The number of rotatable bonds is 4. The van der Waals surface area contributed by atoms with Gasteiger partial charge in [-0.3, -0.25) is 10.1 Å². The first-order chi connectivity index (χ1) is 12.7. The van der Waals surface area contributed by atoms with E-state index in [-0.39, 0.29) is 5.91 Å². The van der Waals surface area contributed by atoms with Gasteiger partial charge in [0, 0.05) is 10.4 Å². The zero-order chi connectivity index (χ0) is 17.9. The number of aryl methyl sites for hydroxylation is 1. The number of carbonyl (C=O) groups is 1. The molecule has 0 unspecified atom stereocenters. The molecule has 4 rings (SSSR count). The van der Waals surface area contributed by atoms with E-state index in [9.17, 15) is 4.79 Å². The van der Waals surface area contributed by atoms with Gasteiger partial charge in [-0.1, -0.05) is 49.4 Å². The quantitative estimate of drug-likeness (QED) is 0.701. The van der Waals surface area contributed by atoms with E-state index in [4.69, 9.17) is 0 Å². The lowest BCUT2D eigenvalue weighted by molar-refractivity contribution is 0.102. The van der Waals surface area contributed by atoms with Crippen LogP contribution >= 0.6 is 11.3 Å². The Morgan fingerprint density at radius 1 is 1.12 bits per heavy atom. The molecular weight excluding hydrogens is 340 g/mol. The van der Waals surface area contributed by atoms with Crippen molar-refractivity contribution in [3.63, 3.8) is 0 Å². The highest BCUT2D eigenvalue weighted by Crippen LogP contribution is 2.32. The number of aromatic nitrogens is 1.